The Morgan fingerprint density at radius 1 is 1.39 bits per heavy atom. The second-order valence-corrected chi connectivity index (χ2v) is 6.19. The van der Waals surface area contributed by atoms with Gasteiger partial charge in [0.2, 0.25) is 0 Å². The maximum absolute atomic E-state index is 12.2. The molecule has 128 valence electrons. The van der Waals surface area contributed by atoms with Crippen LogP contribution in [-0.2, 0) is 4.74 Å². The Morgan fingerprint density at radius 2 is 2.22 bits per heavy atom. The van der Waals surface area contributed by atoms with Gasteiger partial charge in [-0.3, -0.25) is 4.79 Å². The van der Waals surface area contributed by atoms with Crippen molar-refractivity contribution >= 4 is 18.3 Å². The third-order valence-corrected chi connectivity index (χ3v) is 4.28. The van der Waals surface area contributed by atoms with Crippen molar-refractivity contribution in [2.45, 2.75) is 37.8 Å². The Bertz CT molecular complexity index is 516. The molecule has 2 unspecified atom stereocenters. The summed E-state index contributed by atoms with van der Waals surface area (Å²) in [6, 6.07) is 7.33. The molecule has 0 aromatic heterocycles. The van der Waals surface area contributed by atoms with Crippen molar-refractivity contribution < 1.29 is 14.3 Å². The first kappa shape index (κ1) is 18.0. The van der Waals surface area contributed by atoms with Crippen LogP contribution in [0.2, 0.25) is 0 Å². The Balaban J connectivity index is 0.00000192. The zero-order valence-electron chi connectivity index (χ0n) is 13.2. The van der Waals surface area contributed by atoms with E-state index in [9.17, 15) is 4.79 Å². The van der Waals surface area contributed by atoms with E-state index in [2.05, 4.69) is 5.32 Å². The normalized spacial score (nSPS) is 21.3. The van der Waals surface area contributed by atoms with Crippen molar-refractivity contribution in [3.05, 3.63) is 29.8 Å². The lowest BCUT2D eigenvalue weighted by Crippen LogP contribution is -2.38. The average Bonchev–Trinajstić information content (AvgIpc) is 3.27. The summed E-state index contributed by atoms with van der Waals surface area (Å²) in [6.45, 7) is 1.89. The Labute approximate surface area is 143 Å². The molecule has 3 N–H and O–H groups in total. The number of carbonyl (C=O) groups is 1. The van der Waals surface area contributed by atoms with Gasteiger partial charge >= 0.3 is 0 Å². The van der Waals surface area contributed by atoms with Gasteiger partial charge in [0.05, 0.1) is 6.10 Å². The number of benzene rings is 1. The molecule has 1 aliphatic carbocycles. The van der Waals surface area contributed by atoms with Crippen molar-refractivity contribution in [2.24, 2.45) is 11.7 Å². The number of carbonyl (C=O) groups excluding carboxylic acids is 1. The molecule has 2 fully saturated rings. The molecule has 0 bridgehead atoms. The van der Waals surface area contributed by atoms with Crippen LogP contribution in [0.1, 0.15) is 36.0 Å². The topological polar surface area (TPSA) is 73.6 Å². The summed E-state index contributed by atoms with van der Waals surface area (Å²) in [4.78, 5) is 12.2. The lowest BCUT2D eigenvalue weighted by molar-refractivity contribution is 0.0679. The van der Waals surface area contributed by atoms with Gasteiger partial charge in [-0.25, -0.2) is 0 Å². The van der Waals surface area contributed by atoms with Crippen LogP contribution >= 0.6 is 12.4 Å². The van der Waals surface area contributed by atoms with E-state index >= 15 is 0 Å². The average molecular weight is 341 g/mol. The fourth-order valence-corrected chi connectivity index (χ4v) is 2.70. The summed E-state index contributed by atoms with van der Waals surface area (Å²) < 4.78 is 11.3. The molecular weight excluding hydrogens is 316 g/mol. The van der Waals surface area contributed by atoms with E-state index in [-0.39, 0.29) is 30.5 Å². The van der Waals surface area contributed by atoms with Gasteiger partial charge in [-0.2, -0.15) is 0 Å². The summed E-state index contributed by atoms with van der Waals surface area (Å²) in [7, 11) is 0. The van der Waals surface area contributed by atoms with Crippen molar-refractivity contribution in [1.82, 2.24) is 5.32 Å². The van der Waals surface area contributed by atoms with Gasteiger partial charge in [-0.15, -0.1) is 12.4 Å². The molecule has 1 heterocycles. The SMILES string of the molecule is Cl.NC(CNC(=O)c1cccc(OCC2CCCO2)c1)C1CC1. The number of rotatable bonds is 7. The van der Waals surface area contributed by atoms with Gasteiger partial charge in [0.15, 0.2) is 0 Å². The van der Waals surface area contributed by atoms with E-state index < -0.39 is 0 Å². The van der Waals surface area contributed by atoms with Crippen LogP contribution in [0, 0.1) is 5.92 Å². The maximum atomic E-state index is 12.2. The quantitative estimate of drug-likeness (QED) is 0.797. The molecule has 3 rings (SSSR count). The van der Waals surface area contributed by atoms with Crippen molar-refractivity contribution in [1.29, 1.82) is 0 Å². The standard InChI is InChI=1S/C17H24N2O3.ClH/c18-16(12-6-7-12)10-19-17(20)13-3-1-4-14(9-13)22-11-15-5-2-8-21-15;/h1,3-4,9,12,15-16H,2,5-8,10-11,18H2,(H,19,20);1H. The largest absolute Gasteiger partial charge is 0.491 e. The van der Waals surface area contributed by atoms with Gasteiger partial charge in [0, 0.05) is 24.8 Å². The molecule has 5 nitrogen and oxygen atoms in total. The summed E-state index contributed by atoms with van der Waals surface area (Å²) in [5.74, 6) is 1.19. The zero-order chi connectivity index (χ0) is 15.4. The van der Waals surface area contributed by atoms with Gasteiger partial charge in [0.25, 0.3) is 5.91 Å². The highest BCUT2D eigenvalue weighted by molar-refractivity contribution is 5.94. The number of halogens is 1. The van der Waals surface area contributed by atoms with Crippen LogP contribution in [0.3, 0.4) is 0 Å². The van der Waals surface area contributed by atoms with Crippen molar-refractivity contribution in [2.75, 3.05) is 19.8 Å². The molecule has 1 aliphatic heterocycles. The molecule has 1 saturated heterocycles. The molecule has 1 amide bonds. The Kier molecular flexibility index (Phi) is 6.69. The summed E-state index contributed by atoms with van der Waals surface area (Å²) in [5.41, 5.74) is 6.60. The first-order chi connectivity index (χ1) is 10.7. The molecule has 1 aromatic rings. The van der Waals surface area contributed by atoms with E-state index in [4.69, 9.17) is 15.2 Å². The minimum Gasteiger partial charge on any atom is -0.491 e. The number of amides is 1. The number of hydrogen-bond donors (Lipinski definition) is 2. The van der Waals surface area contributed by atoms with Gasteiger partial charge in [-0.05, 0) is 49.8 Å². The predicted molar refractivity (Wildman–Crippen MR) is 91.2 cm³/mol. The Hall–Kier alpha value is -1.30. The molecule has 2 aliphatic rings. The number of hydrogen-bond acceptors (Lipinski definition) is 4. The first-order valence-electron chi connectivity index (χ1n) is 8.10. The Morgan fingerprint density at radius 3 is 2.91 bits per heavy atom. The minimum absolute atomic E-state index is 0. The first-order valence-corrected chi connectivity index (χ1v) is 8.10. The van der Waals surface area contributed by atoms with E-state index in [1.165, 1.54) is 12.8 Å². The van der Waals surface area contributed by atoms with Crippen LogP contribution < -0.4 is 15.8 Å². The fraction of sp³-hybridized carbons (Fsp3) is 0.588. The second-order valence-electron chi connectivity index (χ2n) is 6.19. The molecule has 0 radical (unpaired) electrons. The lowest BCUT2D eigenvalue weighted by Gasteiger charge is -2.13. The minimum atomic E-state index is -0.0985. The third-order valence-electron chi connectivity index (χ3n) is 4.28. The monoisotopic (exact) mass is 340 g/mol. The summed E-state index contributed by atoms with van der Waals surface area (Å²) in [6.07, 6.45) is 4.68. The van der Waals surface area contributed by atoms with E-state index in [0.717, 1.165) is 19.4 Å². The maximum Gasteiger partial charge on any atom is 0.251 e. The molecule has 6 heteroatoms. The number of nitrogens with one attached hydrogen (secondary N) is 1. The zero-order valence-corrected chi connectivity index (χ0v) is 14.0. The highest BCUT2D eigenvalue weighted by Crippen LogP contribution is 2.31. The molecule has 0 spiro atoms. The van der Waals surface area contributed by atoms with Gasteiger partial charge < -0.3 is 20.5 Å². The second kappa shape index (κ2) is 8.52. The number of nitrogens with two attached hydrogens (primary N) is 1. The van der Waals surface area contributed by atoms with Crippen LogP contribution in [0.25, 0.3) is 0 Å². The molecule has 1 saturated carbocycles. The van der Waals surface area contributed by atoms with Gasteiger partial charge in [-0.1, -0.05) is 6.07 Å². The predicted octanol–water partition coefficient (Wildman–Crippen LogP) is 2.13. The van der Waals surface area contributed by atoms with Crippen molar-refractivity contribution in [3.8, 4) is 5.75 Å². The molecule has 23 heavy (non-hydrogen) atoms. The molecular formula is C17H25ClN2O3. The van der Waals surface area contributed by atoms with Gasteiger partial charge in [0.1, 0.15) is 12.4 Å². The van der Waals surface area contributed by atoms with E-state index in [1.807, 2.05) is 12.1 Å². The summed E-state index contributed by atoms with van der Waals surface area (Å²) in [5, 5.41) is 2.90. The smallest absolute Gasteiger partial charge is 0.251 e. The third kappa shape index (κ3) is 5.37. The highest BCUT2D eigenvalue weighted by atomic mass is 35.5. The van der Waals surface area contributed by atoms with E-state index in [1.54, 1.807) is 12.1 Å². The van der Waals surface area contributed by atoms with Crippen LogP contribution in [-0.4, -0.2) is 37.8 Å². The van der Waals surface area contributed by atoms with Crippen LogP contribution in [0.4, 0.5) is 0 Å². The molecule has 2 atom stereocenters. The fourth-order valence-electron chi connectivity index (χ4n) is 2.70. The highest BCUT2D eigenvalue weighted by Gasteiger charge is 2.28. The summed E-state index contributed by atoms with van der Waals surface area (Å²) >= 11 is 0. The van der Waals surface area contributed by atoms with Crippen molar-refractivity contribution in [3.63, 3.8) is 0 Å². The van der Waals surface area contributed by atoms with Crippen LogP contribution in [0.5, 0.6) is 5.75 Å². The van der Waals surface area contributed by atoms with E-state index in [0.29, 0.717) is 30.4 Å². The number of ether oxygens (including phenoxy) is 2. The lowest BCUT2D eigenvalue weighted by atomic mass is 10.1. The van der Waals surface area contributed by atoms with Crippen LogP contribution in [0.15, 0.2) is 24.3 Å². The molecule has 1 aromatic carbocycles.